The molecule has 0 bridgehead atoms. The molecule has 2 heterocycles. The van der Waals surface area contributed by atoms with E-state index in [1.807, 2.05) is 60.7 Å². The SMILES string of the molecule is CC(=O)N[C@H]1[C@@H](OCc2ccccc2)O[C@@H]2COC(c3ccccc3)O[C@H]2[C@@H]1OCC(O)CN[C@@H](C)C(=O)OC(C)(C)C. The van der Waals surface area contributed by atoms with Crippen LogP contribution >= 0.6 is 0 Å². The van der Waals surface area contributed by atoms with Gasteiger partial charge in [0.2, 0.25) is 5.91 Å². The molecule has 3 N–H and O–H groups in total. The summed E-state index contributed by atoms with van der Waals surface area (Å²) < 4.78 is 36.6. The number of hydrogen-bond donors (Lipinski definition) is 3. The van der Waals surface area contributed by atoms with Crippen LogP contribution in [0.2, 0.25) is 0 Å². The maximum Gasteiger partial charge on any atom is 0.323 e. The largest absolute Gasteiger partial charge is 0.459 e. The summed E-state index contributed by atoms with van der Waals surface area (Å²) >= 11 is 0. The van der Waals surface area contributed by atoms with Gasteiger partial charge in [0.15, 0.2) is 12.6 Å². The Balaban J connectivity index is 1.48. The van der Waals surface area contributed by atoms with Gasteiger partial charge in [-0.15, -0.1) is 0 Å². The molecule has 2 unspecified atom stereocenters. The maximum atomic E-state index is 12.4. The van der Waals surface area contributed by atoms with Crippen LogP contribution in [0.4, 0.5) is 0 Å². The third-order valence-corrected chi connectivity index (χ3v) is 6.94. The molecular weight excluding hydrogens is 556 g/mol. The van der Waals surface area contributed by atoms with Gasteiger partial charge in [-0.05, 0) is 33.3 Å². The van der Waals surface area contributed by atoms with Crippen LogP contribution in [0.5, 0.6) is 0 Å². The topological polar surface area (TPSA) is 134 Å². The third-order valence-electron chi connectivity index (χ3n) is 6.94. The highest BCUT2D eigenvalue weighted by molar-refractivity contribution is 5.75. The van der Waals surface area contributed by atoms with Crippen molar-refractivity contribution in [2.24, 2.45) is 0 Å². The molecule has 8 atom stereocenters. The van der Waals surface area contributed by atoms with Crippen molar-refractivity contribution in [3.8, 4) is 0 Å². The van der Waals surface area contributed by atoms with Gasteiger partial charge in [0, 0.05) is 19.0 Å². The van der Waals surface area contributed by atoms with Crippen molar-refractivity contribution in [3.63, 3.8) is 0 Å². The van der Waals surface area contributed by atoms with Crippen molar-refractivity contribution in [2.45, 2.75) is 95.9 Å². The number of carbonyl (C=O) groups is 2. The molecular formula is C32H44N2O9. The van der Waals surface area contributed by atoms with Gasteiger partial charge in [0.05, 0.1) is 25.9 Å². The fraction of sp³-hybridized carbons (Fsp3) is 0.562. The van der Waals surface area contributed by atoms with Crippen LogP contribution in [0.1, 0.15) is 52.0 Å². The van der Waals surface area contributed by atoms with Gasteiger partial charge in [-0.3, -0.25) is 9.59 Å². The van der Waals surface area contributed by atoms with E-state index in [1.54, 1.807) is 27.7 Å². The highest BCUT2D eigenvalue weighted by atomic mass is 16.8. The van der Waals surface area contributed by atoms with Crippen LogP contribution < -0.4 is 10.6 Å². The number of aliphatic hydroxyl groups excluding tert-OH is 1. The lowest BCUT2D eigenvalue weighted by molar-refractivity contribution is -0.350. The quantitative estimate of drug-likeness (QED) is 0.312. The molecule has 2 aromatic carbocycles. The molecule has 0 saturated carbocycles. The molecule has 0 aromatic heterocycles. The Hall–Kier alpha value is -2.90. The minimum absolute atomic E-state index is 0.0765. The predicted molar refractivity (Wildman–Crippen MR) is 157 cm³/mol. The number of fused-ring (bicyclic) bond motifs is 1. The summed E-state index contributed by atoms with van der Waals surface area (Å²) in [5.41, 5.74) is 1.15. The van der Waals surface area contributed by atoms with E-state index < -0.39 is 60.6 Å². The zero-order valence-corrected chi connectivity index (χ0v) is 25.4. The Bertz CT molecular complexity index is 1160. The van der Waals surface area contributed by atoms with Gasteiger partial charge in [0.25, 0.3) is 0 Å². The molecule has 2 aromatic rings. The van der Waals surface area contributed by atoms with Crippen molar-refractivity contribution in [2.75, 3.05) is 19.8 Å². The average molecular weight is 601 g/mol. The first-order chi connectivity index (χ1) is 20.5. The molecule has 11 nitrogen and oxygen atoms in total. The van der Waals surface area contributed by atoms with Gasteiger partial charge >= 0.3 is 5.97 Å². The number of aliphatic hydroxyl groups is 1. The summed E-state index contributed by atoms with van der Waals surface area (Å²) in [6.07, 6.45) is -4.48. The van der Waals surface area contributed by atoms with Gasteiger partial charge in [-0.2, -0.15) is 0 Å². The van der Waals surface area contributed by atoms with Gasteiger partial charge in [0.1, 0.15) is 36.0 Å². The second-order valence-corrected chi connectivity index (χ2v) is 11.9. The summed E-state index contributed by atoms with van der Waals surface area (Å²) in [5.74, 6) is -0.714. The monoisotopic (exact) mass is 600 g/mol. The maximum absolute atomic E-state index is 12.4. The van der Waals surface area contributed by atoms with Crippen molar-refractivity contribution in [1.82, 2.24) is 10.6 Å². The smallest absolute Gasteiger partial charge is 0.323 e. The van der Waals surface area contributed by atoms with Crippen molar-refractivity contribution >= 4 is 11.9 Å². The molecule has 4 rings (SSSR count). The van der Waals surface area contributed by atoms with Gasteiger partial charge in [-0.1, -0.05) is 60.7 Å². The van der Waals surface area contributed by atoms with Crippen LogP contribution in [-0.2, 0) is 44.6 Å². The summed E-state index contributed by atoms with van der Waals surface area (Å²) in [6.45, 7) is 8.89. The number of hydrogen-bond acceptors (Lipinski definition) is 10. The number of ether oxygens (including phenoxy) is 6. The van der Waals surface area contributed by atoms with E-state index in [0.29, 0.717) is 0 Å². The van der Waals surface area contributed by atoms with E-state index in [9.17, 15) is 14.7 Å². The number of amides is 1. The lowest BCUT2D eigenvalue weighted by Gasteiger charge is -2.49. The molecule has 43 heavy (non-hydrogen) atoms. The van der Waals surface area contributed by atoms with Crippen LogP contribution in [-0.4, -0.2) is 85.1 Å². The Morgan fingerprint density at radius 2 is 1.70 bits per heavy atom. The summed E-state index contributed by atoms with van der Waals surface area (Å²) in [5, 5.41) is 16.7. The fourth-order valence-electron chi connectivity index (χ4n) is 4.90. The minimum atomic E-state index is -0.974. The Labute approximate surface area is 253 Å². The highest BCUT2D eigenvalue weighted by Crippen LogP contribution is 2.36. The molecule has 236 valence electrons. The second kappa shape index (κ2) is 15.2. The van der Waals surface area contributed by atoms with Gasteiger partial charge < -0.3 is 44.2 Å². The predicted octanol–water partition coefficient (Wildman–Crippen LogP) is 2.61. The van der Waals surface area contributed by atoms with E-state index in [2.05, 4.69) is 10.6 Å². The van der Waals surface area contributed by atoms with Crippen molar-refractivity contribution in [1.29, 1.82) is 0 Å². The number of carbonyl (C=O) groups excluding carboxylic acids is 2. The Kier molecular flexibility index (Phi) is 11.7. The van der Waals surface area contributed by atoms with Crippen LogP contribution in [0.15, 0.2) is 60.7 Å². The number of nitrogens with one attached hydrogen (secondary N) is 2. The van der Waals surface area contributed by atoms with E-state index in [0.717, 1.165) is 11.1 Å². The van der Waals surface area contributed by atoms with E-state index in [1.165, 1.54) is 6.92 Å². The molecule has 2 aliphatic rings. The first-order valence-corrected chi connectivity index (χ1v) is 14.7. The molecule has 1 amide bonds. The van der Waals surface area contributed by atoms with E-state index >= 15 is 0 Å². The lowest BCUT2D eigenvalue weighted by Crippen LogP contribution is -2.67. The van der Waals surface area contributed by atoms with Gasteiger partial charge in [-0.25, -0.2) is 0 Å². The molecule has 2 aliphatic heterocycles. The number of benzene rings is 2. The first kappa shape index (κ1) is 33.0. The molecule has 2 saturated heterocycles. The van der Waals surface area contributed by atoms with Crippen LogP contribution in [0, 0.1) is 0 Å². The standard InChI is InChI=1S/C32H44N2O9/c1-20(29(37)43-32(3,4)5)33-16-24(36)18-38-28-26(34-21(2)35)31(39-17-22-12-8-6-9-13-22)41-25-19-40-30(42-27(25)28)23-14-10-7-11-15-23/h6-15,20,24-28,30-31,33,36H,16-19H2,1-5H3,(H,34,35)/t20-,24?,25+,26+,27+,28+,30?,31-/m0/s1. The minimum Gasteiger partial charge on any atom is -0.459 e. The summed E-state index contributed by atoms with van der Waals surface area (Å²) in [4.78, 5) is 24.7. The molecule has 2 fully saturated rings. The zero-order chi connectivity index (χ0) is 31.0. The second-order valence-electron chi connectivity index (χ2n) is 11.9. The first-order valence-electron chi connectivity index (χ1n) is 14.7. The average Bonchev–Trinajstić information content (AvgIpc) is 2.97. The van der Waals surface area contributed by atoms with E-state index in [4.69, 9.17) is 28.4 Å². The Morgan fingerprint density at radius 3 is 2.35 bits per heavy atom. The molecule has 0 radical (unpaired) electrons. The normalized spacial score (nSPS) is 27.0. The van der Waals surface area contributed by atoms with Crippen LogP contribution in [0.3, 0.4) is 0 Å². The summed E-state index contributed by atoms with van der Waals surface area (Å²) in [7, 11) is 0. The lowest BCUT2D eigenvalue weighted by atomic mass is 9.95. The fourth-order valence-corrected chi connectivity index (χ4v) is 4.90. The van der Waals surface area contributed by atoms with Crippen molar-refractivity contribution < 1.29 is 43.1 Å². The molecule has 11 heteroatoms. The number of esters is 1. The highest BCUT2D eigenvalue weighted by Gasteiger charge is 2.51. The zero-order valence-electron chi connectivity index (χ0n) is 25.4. The molecule has 0 aliphatic carbocycles. The number of rotatable bonds is 12. The third kappa shape index (κ3) is 9.80. The Morgan fingerprint density at radius 1 is 1.02 bits per heavy atom. The molecule has 0 spiro atoms. The van der Waals surface area contributed by atoms with Crippen molar-refractivity contribution in [3.05, 3.63) is 71.8 Å². The van der Waals surface area contributed by atoms with Crippen LogP contribution in [0.25, 0.3) is 0 Å². The van der Waals surface area contributed by atoms with E-state index in [-0.39, 0.29) is 32.3 Å². The summed E-state index contributed by atoms with van der Waals surface area (Å²) in [6, 6.07) is 17.8.